The average Bonchev–Trinajstić information content (AvgIpc) is 2.40. The Bertz CT molecular complexity index is 418. The van der Waals surface area contributed by atoms with E-state index in [9.17, 15) is 9.59 Å². The summed E-state index contributed by atoms with van der Waals surface area (Å²) in [5.41, 5.74) is 1.90. The first-order valence-electron chi connectivity index (χ1n) is 5.72. The Hall–Kier alpha value is -1.88. The van der Waals surface area contributed by atoms with Gasteiger partial charge in [-0.3, -0.25) is 9.59 Å². The van der Waals surface area contributed by atoms with E-state index in [0.29, 0.717) is 6.54 Å². The number of hydrogen-bond donors (Lipinski definition) is 2. The van der Waals surface area contributed by atoms with E-state index in [1.54, 1.807) is 7.05 Å². The summed E-state index contributed by atoms with van der Waals surface area (Å²) >= 11 is 0. The minimum atomic E-state index is -0.270. The lowest BCUT2D eigenvalue weighted by atomic mass is 10.0. The van der Waals surface area contributed by atoms with E-state index in [0.717, 1.165) is 11.1 Å². The molecule has 1 aromatic carbocycles. The quantitative estimate of drug-likeness (QED) is 0.710. The molecule has 0 saturated heterocycles. The molecule has 0 spiro atoms. The molecule has 0 aliphatic heterocycles. The molecule has 0 fully saturated rings. The molecule has 0 radical (unpaired) electrons. The molecule has 1 rings (SSSR count). The van der Waals surface area contributed by atoms with Crippen molar-refractivity contribution < 1.29 is 14.3 Å². The van der Waals surface area contributed by atoms with E-state index >= 15 is 0 Å². The highest BCUT2D eigenvalue weighted by Gasteiger charge is 2.07. The number of nitrogens with one attached hydrogen (secondary N) is 2. The van der Waals surface area contributed by atoms with Gasteiger partial charge in [-0.05, 0) is 11.1 Å². The van der Waals surface area contributed by atoms with Crippen molar-refractivity contribution in [3.8, 4) is 0 Å². The summed E-state index contributed by atoms with van der Waals surface area (Å²) in [5, 5.41) is 5.55. The predicted octanol–water partition coefficient (Wildman–Crippen LogP) is 0.238. The molecule has 1 aromatic rings. The van der Waals surface area contributed by atoms with E-state index in [2.05, 4.69) is 15.4 Å². The van der Waals surface area contributed by atoms with E-state index in [1.807, 2.05) is 24.3 Å². The molecule has 0 unspecified atom stereocenters. The molecule has 5 nitrogen and oxygen atoms in total. The van der Waals surface area contributed by atoms with Gasteiger partial charge in [0.05, 0.1) is 20.1 Å². The summed E-state index contributed by atoms with van der Waals surface area (Å²) in [4.78, 5) is 22.3. The third-order valence-electron chi connectivity index (χ3n) is 2.56. The number of esters is 1. The Morgan fingerprint density at radius 3 is 2.50 bits per heavy atom. The van der Waals surface area contributed by atoms with Crippen molar-refractivity contribution in [3.05, 3.63) is 35.4 Å². The molecule has 0 aromatic heterocycles. The molecule has 98 valence electrons. The zero-order chi connectivity index (χ0) is 13.4. The summed E-state index contributed by atoms with van der Waals surface area (Å²) in [6.07, 6.45) is 0.244. The molecule has 0 bridgehead atoms. The van der Waals surface area contributed by atoms with Crippen LogP contribution in [0.4, 0.5) is 0 Å². The molecule has 0 atom stereocenters. The molecule has 5 heteroatoms. The number of ether oxygens (including phenoxy) is 1. The fourth-order valence-corrected chi connectivity index (χ4v) is 1.53. The van der Waals surface area contributed by atoms with Crippen molar-refractivity contribution in [1.29, 1.82) is 0 Å². The van der Waals surface area contributed by atoms with Crippen LogP contribution in [0, 0.1) is 0 Å². The summed E-state index contributed by atoms with van der Waals surface area (Å²) < 4.78 is 4.65. The minimum Gasteiger partial charge on any atom is -0.469 e. The van der Waals surface area contributed by atoms with Gasteiger partial charge < -0.3 is 15.4 Å². The first-order valence-corrected chi connectivity index (χ1v) is 5.72. The van der Waals surface area contributed by atoms with Gasteiger partial charge in [-0.25, -0.2) is 0 Å². The number of amides is 1. The van der Waals surface area contributed by atoms with Crippen LogP contribution in [0.15, 0.2) is 24.3 Å². The van der Waals surface area contributed by atoms with Crippen LogP contribution < -0.4 is 10.6 Å². The molecule has 0 heterocycles. The first-order chi connectivity index (χ1) is 8.67. The van der Waals surface area contributed by atoms with Crippen LogP contribution in [0.2, 0.25) is 0 Å². The van der Waals surface area contributed by atoms with Gasteiger partial charge >= 0.3 is 5.97 Å². The van der Waals surface area contributed by atoms with Crippen molar-refractivity contribution in [2.75, 3.05) is 20.7 Å². The largest absolute Gasteiger partial charge is 0.469 e. The lowest BCUT2D eigenvalue weighted by molar-refractivity contribution is -0.139. The molecule has 0 aliphatic rings. The fraction of sp³-hybridized carbons (Fsp3) is 0.385. The van der Waals surface area contributed by atoms with Gasteiger partial charge in [0.25, 0.3) is 0 Å². The van der Waals surface area contributed by atoms with E-state index in [4.69, 9.17) is 0 Å². The number of carbonyl (C=O) groups excluding carboxylic acids is 2. The topological polar surface area (TPSA) is 67.4 Å². The number of hydrogen-bond acceptors (Lipinski definition) is 4. The highest BCUT2D eigenvalue weighted by Crippen LogP contribution is 2.09. The standard InChI is InChI=1S/C13H18N2O3/c1-14-12(16)9-15-8-11-6-4-3-5-10(11)7-13(17)18-2/h3-6,15H,7-9H2,1-2H3,(H,14,16). The summed E-state index contributed by atoms with van der Waals surface area (Å²) in [6.45, 7) is 0.795. The van der Waals surface area contributed by atoms with Crippen LogP contribution in [0.5, 0.6) is 0 Å². The fourth-order valence-electron chi connectivity index (χ4n) is 1.53. The molecule has 1 amide bonds. The van der Waals surface area contributed by atoms with E-state index in [1.165, 1.54) is 7.11 Å². The smallest absolute Gasteiger partial charge is 0.309 e. The molecule has 0 aliphatic carbocycles. The maximum absolute atomic E-state index is 11.3. The maximum atomic E-state index is 11.3. The van der Waals surface area contributed by atoms with Crippen molar-refractivity contribution in [2.45, 2.75) is 13.0 Å². The Balaban J connectivity index is 2.59. The molecular formula is C13H18N2O3. The highest BCUT2D eigenvalue weighted by atomic mass is 16.5. The number of likely N-dealkylation sites (N-methyl/N-ethyl adjacent to an activating group) is 1. The molecule has 0 saturated carbocycles. The Labute approximate surface area is 107 Å². The van der Waals surface area contributed by atoms with E-state index < -0.39 is 0 Å². The van der Waals surface area contributed by atoms with Crippen LogP contribution in [-0.4, -0.2) is 32.6 Å². The number of benzene rings is 1. The van der Waals surface area contributed by atoms with Crippen LogP contribution >= 0.6 is 0 Å². The zero-order valence-corrected chi connectivity index (χ0v) is 10.7. The van der Waals surface area contributed by atoms with Crippen LogP contribution in [0.3, 0.4) is 0 Å². The monoisotopic (exact) mass is 250 g/mol. The SMILES string of the molecule is CNC(=O)CNCc1ccccc1CC(=O)OC. The summed E-state index contributed by atoms with van der Waals surface area (Å²) in [7, 11) is 2.96. The summed E-state index contributed by atoms with van der Waals surface area (Å²) in [5.74, 6) is -0.339. The van der Waals surface area contributed by atoms with Gasteiger partial charge in [0.2, 0.25) is 5.91 Å². The van der Waals surface area contributed by atoms with Crippen molar-refractivity contribution in [3.63, 3.8) is 0 Å². The van der Waals surface area contributed by atoms with Gasteiger partial charge in [0.1, 0.15) is 0 Å². The van der Waals surface area contributed by atoms with Gasteiger partial charge in [0.15, 0.2) is 0 Å². The number of carbonyl (C=O) groups is 2. The summed E-state index contributed by atoms with van der Waals surface area (Å²) in [6, 6.07) is 7.58. The van der Waals surface area contributed by atoms with Gasteiger partial charge in [-0.1, -0.05) is 24.3 Å². The minimum absolute atomic E-state index is 0.0690. The van der Waals surface area contributed by atoms with Gasteiger partial charge in [-0.15, -0.1) is 0 Å². The second-order valence-electron chi connectivity index (χ2n) is 3.80. The third-order valence-corrected chi connectivity index (χ3v) is 2.56. The molecular weight excluding hydrogens is 232 g/mol. The second kappa shape index (κ2) is 7.45. The first kappa shape index (κ1) is 14.2. The lowest BCUT2D eigenvalue weighted by Gasteiger charge is -2.09. The normalized spacial score (nSPS) is 9.89. The van der Waals surface area contributed by atoms with Crippen LogP contribution in [0.25, 0.3) is 0 Å². The zero-order valence-electron chi connectivity index (χ0n) is 10.7. The lowest BCUT2D eigenvalue weighted by Crippen LogP contribution is -2.31. The van der Waals surface area contributed by atoms with Crippen molar-refractivity contribution in [2.24, 2.45) is 0 Å². The molecule has 18 heavy (non-hydrogen) atoms. The van der Waals surface area contributed by atoms with Crippen LogP contribution in [-0.2, 0) is 27.3 Å². The molecule has 2 N–H and O–H groups in total. The van der Waals surface area contributed by atoms with Crippen molar-refractivity contribution >= 4 is 11.9 Å². The Kier molecular flexibility index (Phi) is 5.87. The van der Waals surface area contributed by atoms with Crippen molar-refractivity contribution in [1.82, 2.24) is 10.6 Å². The predicted molar refractivity (Wildman–Crippen MR) is 67.9 cm³/mol. The van der Waals surface area contributed by atoms with Gasteiger partial charge in [0, 0.05) is 13.6 Å². The second-order valence-corrected chi connectivity index (χ2v) is 3.80. The number of methoxy groups -OCH3 is 1. The highest BCUT2D eigenvalue weighted by molar-refractivity contribution is 5.77. The van der Waals surface area contributed by atoms with E-state index in [-0.39, 0.29) is 24.8 Å². The maximum Gasteiger partial charge on any atom is 0.309 e. The Morgan fingerprint density at radius 1 is 1.22 bits per heavy atom. The number of rotatable bonds is 6. The third kappa shape index (κ3) is 4.55. The average molecular weight is 250 g/mol. The van der Waals surface area contributed by atoms with Crippen LogP contribution in [0.1, 0.15) is 11.1 Å². The van der Waals surface area contributed by atoms with Gasteiger partial charge in [-0.2, -0.15) is 0 Å². The Morgan fingerprint density at radius 2 is 1.89 bits per heavy atom.